The lowest BCUT2D eigenvalue weighted by molar-refractivity contribution is -0.255. The van der Waals surface area contributed by atoms with Crippen molar-refractivity contribution in [3.8, 4) is 0 Å². The number of aromatic nitrogens is 1. The fourth-order valence-corrected chi connectivity index (χ4v) is 0.495. The highest BCUT2D eigenvalue weighted by molar-refractivity contribution is 5.86. The molecule has 0 fully saturated rings. The number of carboxylic acids is 1. The lowest BCUT2D eigenvalue weighted by Crippen LogP contribution is -2.22. The average Bonchev–Trinajstić information content (AvgIpc) is 2.13. The van der Waals surface area contributed by atoms with Crippen molar-refractivity contribution in [3.05, 3.63) is 17.5 Å². The zero-order valence-corrected chi connectivity index (χ0v) is 4.75. The summed E-state index contributed by atoms with van der Waals surface area (Å²) in [4.78, 5) is 10.1. The fraction of sp³-hybridized carbons (Fsp3) is 0.200. The van der Waals surface area contributed by atoms with Gasteiger partial charge >= 0.3 is 0 Å². The highest BCUT2D eigenvalue weighted by Crippen LogP contribution is 2.02. The number of hydrogen-bond acceptors (Lipinski definition) is 4. The molecule has 0 unspecified atom stereocenters. The van der Waals surface area contributed by atoms with Crippen LogP contribution in [-0.4, -0.2) is 11.1 Å². The Balaban J connectivity index is 3.08. The topological polar surface area (TPSA) is 66.2 Å². The summed E-state index contributed by atoms with van der Waals surface area (Å²) in [5, 5.41) is 13.3. The molecule has 0 aliphatic carbocycles. The molecule has 9 heavy (non-hydrogen) atoms. The zero-order chi connectivity index (χ0) is 6.85. The van der Waals surface area contributed by atoms with Crippen LogP contribution >= 0.6 is 0 Å². The summed E-state index contributed by atoms with van der Waals surface area (Å²) < 4.78 is 4.45. The van der Waals surface area contributed by atoms with Gasteiger partial charge in [0.25, 0.3) is 0 Å². The summed E-state index contributed by atoms with van der Waals surface area (Å²) >= 11 is 0. The normalized spacial score (nSPS) is 9.44. The highest BCUT2D eigenvalue weighted by atomic mass is 16.5. The third-order valence-corrected chi connectivity index (χ3v) is 0.971. The number of carbonyl (C=O) groups excluding carboxylic acids is 1. The molecular formula is C5H4NO3-. The van der Waals surface area contributed by atoms with Crippen molar-refractivity contribution < 1.29 is 14.4 Å². The SMILES string of the molecule is Cc1oncc1C(=O)[O-]. The molecule has 48 valence electrons. The van der Waals surface area contributed by atoms with Gasteiger partial charge in [0.2, 0.25) is 0 Å². The van der Waals surface area contributed by atoms with Gasteiger partial charge < -0.3 is 14.4 Å². The van der Waals surface area contributed by atoms with E-state index in [4.69, 9.17) is 0 Å². The third kappa shape index (κ3) is 0.910. The molecule has 0 amide bonds. The van der Waals surface area contributed by atoms with Crippen molar-refractivity contribution in [2.45, 2.75) is 6.92 Å². The second kappa shape index (κ2) is 1.89. The Labute approximate surface area is 51.1 Å². The van der Waals surface area contributed by atoms with Gasteiger partial charge in [-0.2, -0.15) is 0 Å². The minimum absolute atomic E-state index is 0.00926. The van der Waals surface area contributed by atoms with Crippen LogP contribution in [0.5, 0.6) is 0 Å². The smallest absolute Gasteiger partial charge is 0.142 e. The van der Waals surface area contributed by atoms with Gasteiger partial charge in [-0.1, -0.05) is 5.16 Å². The van der Waals surface area contributed by atoms with Gasteiger partial charge in [0.1, 0.15) is 5.76 Å². The van der Waals surface area contributed by atoms with Crippen molar-refractivity contribution in [2.75, 3.05) is 0 Å². The molecule has 1 heterocycles. The first-order valence-corrected chi connectivity index (χ1v) is 2.34. The number of hydrogen-bond donors (Lipinski definition) is 0. The van der Waals surface area contributed by atoms with Crippen LogP contribution in [0.4, 0.5) is 0 Å². The van der Waals surface area contributed by atoms with Crippen molar-refractivity contribution >= 4 is 5.97 Å². The molecule has 4 heteroatoms. The first-order valence-electron chi connectivity index (χ1n) is 2.34. The monoisotopic (exact) mass is 126 g/mol. The van der Waals surface area contributed by atoms with Crippen LogP contribution in [0.3, 0.4) is 0 Å². The fourth-order valence-electron chi connectivity index (χ4n) is 0.495. The summed E-state index contributed by atoms with van der Waals surface area (Å²) in [6.07, 6.45) is 1.12. The maximum absolute atomic E-state index is 10.1. The minimum Gasteiger partial charge on any atom is -0.545 e. The molecule has 0 saturated carbocycles. The summed E-state index contributed by atoms with van der Waals surface area (Å²) in [5.41, 5.74) is 0.00926. The summed E-state index contributed by atoms with van der Waals surface area (Å²) in [6, 6.07) is 0. The Morgan fingerprint density at radius 3 is 2.78 bits per heavy atom. The average molecular weight is 126 g/mol. The number of aromatic carboxylic acids is 1. The Hall–Kier alpha value is -1.32. The molecule has 0 N–H and O–H groups in total. The quantitative estimate of drug-likeness (QED) is 0.501. The molecule has 1 aromatic rings. The largest absolute Gasteiger partial charge is 0.545 e. The lowest BCUT2D eigenvalue weighted by Gasteiger charge is -1.93. The van der Waals surface area contributed by atoms with E-state index < -0.39 is 5.97 Å². The minimum atomic E-state index is -1.26. The van der Waals surface area contributed by atoms with Gasteiger partial charge in [0, 0.05) is 0 Å². The van der Waals surface area contributed by atoms with Crippen molar-refractivity contribution in [1.82, 2.24) is 5.16 Å². The standard InChI is InChI=1S/C5H5NO3/c1-3-4(5(7)8)2-6-9-3/h2H,1H3,(H,7,8)/p-1. The predicted molar refractivity (Wildman–Crippen MR) is 25.6 cm³/mol. The maximum Gasteiger partial charge on any atom is 0.142 e. The molecule has 4 nitrogen and oxygen atoms in total. The second-order valence-electron chi connectivity index (χ2n) is 1.58. The molecule has 0 saturated heterocycles. The molecule has 0 aliphatic rings. The van der Waals surface area contributed by atoms with E-state index in [-0.39, 0.29) is 11.3 Å². The van der Waals surface area contributed by atoms with Gasteiger partial charge in [0.05, 0.1) is 17.7 Å². The van der Waals surface area contributed by atoms with E-state index in [2.05, 4.69) is 9.68 Å². The van der Waals surface area contributed by atoms with Crippen LogP contribution < -0.4 is 5.11 Å². The molecular weight excluding hydrogens is 122 g/mol. The van der Waals surface area contributed by atoms with E-state index in [1.165, 1.54) is 6.92 Å². The van der Waals surface area contributed by atoms with Crippen LogP contribution in [-0.2, 0) is 0 Å². The highest BCUT2D eigenvalue weighted by Gasteiger charge is 2.01. The summed E-state index contributed by atoms with van der Waals surface area (Å²) in [7, 11) is 0. The van der Waals surface area contributed by atoms with E-state index >= 15 is 0 Å². The predicted octanol–water partition coefficient (Wildman–Crippen LogP) is -0.653. The van der Waals surface area contributed by atoms with Crippen molar-refractivity contribution in [2.24, 2.45) is 0 Å². The molecule has 0 bridgehead atoms. The van der Waals surface area contributed by atoms with E-state index in [0.29, 0.717) is 0 Å². The number of carbonyl (C=O) groups is 1. The molecule has 1 aromatic heterocycles. The van der Waals surface area contributed by atoms with E-state index in [0.717, 1.165) is 6.20 Å². The van der Waals surface area contributed by atoms with Gasteiger partial charge in [-0.25, -0.2) is 0 Å². The van der Waals surface area contributed by atoms with Crippen LogP contribution in [0, 0.1) is 6.92 Å². The van der Waals surface area contributed by atoms with Crippen LogP contribution in [0.25, 0.3) is 0 Å². The first-order chi connectivity index (χ1) is 4.22. The Morgan fingerprint density at radius 2 is 2.56 bits per heavy atom. The summed E-state index contributed by atoms with van der Waals surface area (Å²) in [5.74, 6) is -0.983. The van der Waals surface area contributed by atoms with Gasteiger partial charge in [-0.05, 0) is 6.92 Å². The lowest BCUT2D eigenvalue weighted by atomic mass is 10.3. The maximum atomic E-state index is 10.1. The number of aryl methyl sites for hydroxylation is 1. The van der Waals surface area contributed by atoms with Crippen LogP contribution in [0.15, 0.2) is 10.7 Å². The number of carboxylic acid groups (broad SMARTS) is 1. The molecule has 1 rings (SSSR count). The zero-order valence-electron chi connectivity index (χ0n) is 4.75. The Morgan fingerprint density at radius 1 is 1.89 bits per heavy atom. The molecule has 0 radical (unpaired) electrons. The Kier molecular flexibility index (Phi) is 1.22. The first kappa shape index (κ1) is 5.81. The van der Waals surface area contributed by atoms with Gasteiger partial charge in [-0.15, -0.1) is 0 Å². The molecule has 0 spiro atoms. The Bertz CT molecular complexity index is 228. The van der Waals surface area contributed by atoms with Crippen molar-refractivity contribution in [1.29, 1.82) is 0 Å². The van der Waals surface area contributed by atoms with E-state index in [9.17, 15) is 9.90 Å². The molecule has 0 aliphatic heterocycles. The van der Waals surface area contributed by atoms with Crippen LogP contribution in [0.1, 0.15) is 16.1 Å². The van der Waals surface area contributed by atoms with Crippen molar-refractivity contribution in [3.63, 3.8) is 0 Å². The summed E-state index contributed by atoms with van der Waals surface area (Å²) in [6.45, 7) is 1.51. The third-order valence-electron chi connectivity index (χ3n) is 0.971. The molecule has 0 atom stereocenters. The van der Waals surface area contributed by atoms with Gasteiger partial charge in [-0.3, -0.25) is 0 Å². The van der Waals surface area contributed by atoms with E-state index in [1.54, 1.807) is 0 Å². The second-order valence-corrected chi connectivity index (χ2v) is 1.58. The van der Waals surface area contributed by atoms with Crippen LogP contribution in [0.2, 0.25) is 0 Å². The number of nitrogens with zero attached hydrogens (tertiary/aromatic N) is 1. The number of rotatable bonds is 1. The van der Waals surface area contributed by atoms with E-state index in [1.807, 2.05) is 0 Å². The van der Waals surface area contributed by atoms with Gasteiger partial charge in [0.15, 0.2) is 0 Å². The molecule has 0 aromatic carbocycles.